The normalized spacial score (nSPS) is 12.6. The largest absolute Gasteiger partial charge is 0.484 e. The lowest BCUT2D eigenvalue weighted by atomic mass is 10.1. The van der Waals surface area contributed by atoms with Crippen LogP contribution in [0.25, 0.3) is 11.0 Å². The number of fused-ring (bicyclic) bond motifs is 1. The molecule has 0 N–H and O–H groups in total. The third-order valence-electron chi connectivity index (χ3n) is 4.60. The van der Waals surface area contributed by atoms with E-state index < -0.39 is 11.8 Å². The van der Waals surface area contributed by atoms with Crippen LogP contribution in [-0.4, -0.2) is 19.7 Å². The molecule has 0 bridgehead atoms. The average Bonchev–Trinajstić information content (AvgIpc) is 3.33. The molecule has 30 heavy (non-hydrogen) atoms. The molecule has 1 atom stereocenters. The van der Waals surface area contributed by atoms with Gasteiger partial charge in [0.05, 0.1) is 16.3 Å². The highest BCUT2D eigenvalue weighted by Gasteiger charge is 2.24. The summed E-state index contributed by atoms with van der Waals surface area (Å²) >= 11 is 1.18. The Balaban J connectivity index is 1.48. The van der Waals surface area contributed by atoms with Crippen molar-refractivity contribution in [1.29, 1.82) is 0 Å². The Morgan fingerprint density at radius 1 is 1.13 bits per heavy atom. The van der Waals surface area contributed by atoms with Crippen LogP contribution >= 0.6 is 11.8 Å². The zero-order valence-corrected chi connectivity index (χ0v) is 17.5. The van der Waals surface area contributed by atoms with Gasteiger partial charge in [0.25, 0.3) is 11.1 Å². The van der Waals surface area contributed by atoms with Crippen LogP contribution in [0, 0.1) is 13.8 Å². The molecule has 0 aliphatic rings. The van der Waals surface area contributed by atoms with E-state index in [1.165, 1.54) is 11.8 Å². The van der Waals surface area contributed by atoms with Gasteiger partial charge in [-0.2, -0.15) is 8.78 Å². The highest BCUT2D eigenvalue weighted by molar-refractivity contribution is 7.99. The number of alkyl halides is 2. The molecule has 0 saturated heterocycles. The first-order chi connectivity index (χ1) is 14.4. The number of aryl methyl sites for hydroxylation is 2. The quantitative estimate of drug-likeness (QED) is 0.342. The second kappa shape index (κ2) is 8.43. The lowest BCUT2D eigenvalue weighted by Gasteiger charge is -2.12. The van der Waals surface area contributed by atoms with Crippen molar-refractivity contribution in [3.8, 4) is 5.75 Å². The molecule has 6 nitrogen and oxygen atoms in total. The Labute approximate surface area is 176 Å². The fourth-order valence-electron chi connectivity index (χ4n) is 3.11. The van der Waals surface area contributed by atoms with Crippen LogP contribution in [0.2, 0.25) is 0 Å². The van der Waals surface area contributed by atoms with Crippen LogP contribution in [-0.2, 0) is 6.61 Å². The fourth-order valence-corrected chi connectivity index (χ4v) is 3.91. The molecular formula is C21H20F2N4O2S. The predicted molar refractivity (Wildman–Crippen MR) is 110 cm³/mol. The Morgan fingerprint density at radius 3 is 2.73 bits per heavy atom. The van der Waals surface area contributed by atoms with Gasteiger partial charge >= 0.3 is 6.55 Å². The Morgan fingerprint density at radius 2 is 1.93 bits per heavy atom. The zero-order chi connectivity index (χ0) is 21.3. The van der Waals surface area contributed by atoms with E-state index in [0.29, 0.717) is 16.9 Å². The molecule has 0 radical (unpaired) electrons. The standard InChI is InChI=1S/C21H20F2N4O2S/c1-12-8-9-13(2)17(10-12)28-11-18-25-26-21(29-18)30-14(3)19-24-15-6-4-5-7-16(15)27(19)20(22)23/h4-10,14,20H,11H2,1-3H3/t14-/m0/s1. The molecular weight excluding hydrogens is 410 g/mol. The number of rotatable bonds is 7. The SMILES string of the molecule is Cc1ccc(C)c(OCc2nnc(S[C@@H](C)c3nc4ccccc4n3C(F)F)o2)c1. The summed E-state index contributed by atoms with van der Waals surface area (Å²) in [5.41, 5.74) is 3.01. The molecule has 2 heterocycles. The molecule has 0 fully saturated rings. The molecule has 0 aliphatic carbocycles. The molecule has 0 saturated carbocycles. The summed E-state index contributed by atoms with van der Waals surface area (Å²) in [5, 5.41) is 7.85. The Kier molecular flexibility index (Phi) is 5.72. The summed E-state index contributed by atoms with van der Waals surface area (Å²) in [6, 6.07) is 12.8. The van der Waals surface area contributed by atoms with Gasteiger partial charge in [-0.25, -0.2) is 4.98 Å². The third-order valence-corrected chi connectivity index (χ3v) is 5.53. The van der Waals surface area contributed by atoms with Gasteiger partial charge in [-0.3, -0.25) is 4.57 Å². The molecule has 156 valence electrons. The minimum atomic E-state index is -2.69. The minimum Gasteiger partial charge on any atom is -0.484 e. The van der Waals surface area contributed by atoms with Crippen molar-refractivity contribution >= 4 is 22.8 Å². The molecule has 0 unspecified atom stereocenters. The second-order valence-corrected chi connectivity index (χ2v) is 8.18. The first kappa shape index (κ1) is 20.3. The maximum absolute atomic E-state index is 13.7. The first-order valence-corrected chi connectivity index (χ1v) is 10.2. The van der Waals surface area contributed by atoms with Crippen LogP contribution < -0.4 is 4.74 Å². The lowest BCUT2D eigenvalue weighted by Crippen LogP contribution is -2.06. The average molecular weight is 430 g/mol. The summed E-state index contributed by atoms with van der Waals surface area (Å²) in [7, 11) is 0. The molecule has 4 rings (SSSR count). The number of nitrogens with zero attached hydrogens (tertiary/aromatic N) is 4. The number of aromatic nitrogens is 4. The van der Waals surface area contributed by atoms with E-state index in [-0.39, 0.29) is 17.7 Å². The third kappa shape index (κ3) is 4.16. The van der Waals surface area contributed by atoms with Crippen molar-refractivity contribution < 1.29 is 17.9 Å². The second-order valence-electron chi connectivity index (χ2n) is 6.89. The number of halogens is 2. The van der Waals surface area contributed by atoms with E-state index in [2.05, 4.69) is 15.2 Å². The van der Waals surface area contributed by atoms with E-state index in [4.69, 9.17) is 9.15 Å². The number of ether oxygens (including phenoxy) is 1. The highest BCUT2D eigenvalue weighted by atomic mass is 32.2. The van der Waals surface area contributed by atoms with Gasteiger partial charge < -0.3 is 9.15 Å². The molecule has 2 aromatic heterocycles. The van der Waals surface area contributed by atoms with Crippen LogP contribution in [0.5, 0.6) is 5.75 Å². The molecule has 2 aromatic carbocycles. The molecule has 0 aliphatic heterocycles. The summed E-state index contributed by atoms with van der Waals surface area (Å²) in [6.07, 6.45) is 0. The predicted octanol–water partition coefficient (Wildman–Crippen LogP) is 5.86. The van der Waals surface area contributed by atoms with E-state index >= 15 is 0 Å². The van der Waals surface area contributed by atoms with Crippen molar-refractivity contribution in [3.05, 3.63) is 65.3 Å². The van der Waals surface area contributed by atoms with Crippen molar-refractivity contribution in [2.24, 2.45) is 0 Å². The van der Waals surface area contributed by atoms with E-state index in [0.717, 1.165) is 21.4 Å². The number of hydrogen-bond acceptors (Lipinski definition) is 6. The van der Waals surface area contributed by atoms with E-state index in [1.807, 2.05) is 32.0 Å². The van der Waals surface area contributed by atoms with Gasteiger partial charge in [0.15, 0.2) is 6.61 Å². The first-order valence-electron chi connectivity index (χ1n) is 9.36. The van der Waals surface area contributed by atoms with Crippen molar-refractivity contribution in [3.63, 3.8) is 0 Å². The van der Waals surface area contributed by atoms with Crippen molar-refractivity contribution in [1.82, 2.24) is 19.7 Å². The van der Waals surface area contributed by atoms with Crippen LogP contribution in [0.3, 0.4) is 0 Å². The lowest BCUT2D eigenvalue weighted by molar-refractivity contribution is 0.0715. The monoisotopic (exact) mass is 430 g/mol. The molecule has 9 heteroatoms. The van der Waals surface area contributed by atoms with Gasteiger partial charge in [0.2, 0.25) is 0 Å². The van der Waals surface area contributed by atoms with E-state index in [9.17, 15) is 8.78 Å². The summed E-state index contributed by atoms with van der Waals surface area (Å²) in [6.45, 7) is 3.16. The van der Waals surface area contributed by atoms with Gasteiger partial charge in [-0.1, -0.05) is 36.0 Å². The zero-order valence-electron chi connectivity index (χ0n) is 16.7. The van der Waals surface area contributed by atoms with Gasteiger partial charge in [-0.15, -0.1) is 10.2 Å². The smallest absolute Gasteiger partial charge is 0.320 e. The van der Waals surface area contributed by atoms with Crippen LogP contribution in [0.15, 0.2) is 52.1 Å². The molecule has 0 amide bonds. The highest BCUT2D eigenvalue weighted by Crippen LogP contribution is 2.37. The van der Waals surface area contributed by atoms with Gasteiger partial charge in [-0.05, 0) is 50.1 Å². The summed E-state index contributed by atoms with van der Waals surface area (Å²) in [5.74, 6) is 1.32. The summed E-state index contributed by atoms with van der Waals surface area (Å²) in [4.78, 5) is 4.38. The number of para-hydroxylation sites is 2. The topological polar surface area (TPSA) is 66.0 Å². The summed E-state index contributed by atoms with van der Waals surface area (Å²) < 4.78 is 39.7. The van der Waals surface area contributed by atoms with E-state index in [1.54, 1.807) is 31.2 Å². The maximum Gasteiger partial charge on any atom is 0.320 e. The van der Waals surface area contributed by atoms with Crippen molar-refractivity contribution in [2.45, 2.75) is 44.4 Å². The Hall–Kier alpha value is -2.94. The van der Waals surface area contributed by atoms with Crippen LogP contribution in [0.1, 0.15) is 41.6 Å². The number of hydrogen-bond donors (Lipinski definition) is 0. The minimum absolute atomic E-state index is 0.127. The fraction of sp³-hybridized carbons (Fsp3) is 0.286. The maximum atomic E-state index is 13.7. The molecule has 4 aromatic rings. The number of imidazole rings is 1. The van der Waals surface area contributed by atoms with Gasteiger partial charge in [0.1, 0.15) is 11.6 Å². The van der Waals surface area contributed by atoms with Crippen LogP contribution in [0.4, 0.5) is 8.78 Å². The number of thioether (sulfide) groups is 1. The van der Waals surface area contributed by atoms with Gasteiger partial charge in [0, 0.05) is 0 Å². The number of benzene rings is 2. The Bertz CT molecular complexity index is 1170. The van der Waals surface area contributed by atoms with Crippen molar-refractivity contribution in [2.75, 3.05) is 0 Å². The molecule has 0 spiro atoms.